The van der Waals surface area contributed by atoms with Gasteiger partial charge in [-0.3, -0.25) is 4.79 Å². The second-order valence-corrected chi connectivity index (χ2v) is 4.42. The zero-order valence-corrected chi connectivity index (χ0v) is 10.7. The summed E-state index contributed by atoms with van der Waals surface area (Å²) in [5, 5.41) is 9.46. The van der Waals surface area contributed by atoms with Crippen molar-refractivity contribution < 1.29 is 14.6 Å². The Morgan fingerprint density at radius 3 is 2.50 bits per heavy atom. The van der Waals surface area contributed by atoms with Crippen molar-refractivity contribution >= 4 is 5.97 Å². The van der Waals surface area contributed by atoms with Gasteiger partial charge in [0.1, 0.15) is 5.60 Å². The quantitative estimate of drug-likeness (QED) is 0.444. The number of aliphatic hydroxyl groups is 1. The molecular formula is C13H22O3. The van der Waals surface area contributed by atoms with E-state index in [1.165, 1.54) is 6.92 Å². The fourth-order valence-electron chi connectivity index (χ4n) is 1.20. The molecule has 0 fully saturated rings. The summed E-state index contributed by atoms with van der Waals surface area (Å²) >= 11 is 0. The maximum Gasteiger partial charge on any atom is 0.303 e. The molecule has 16 heavy (non-hydrogen) atoms. The maximum absolute atomic E-state index is 10.9. The molecule has 1 N–H and O–H groups in total. The van der Waals surface area contributed by atoms with Crippen LogP contribution in [0.2, 0.25) is 0 Å². The number of hydrogen-bond donors (Lipinski definition) is 1. The van der Waals surface area contributed by atoms with E-state index in [1.807, 2.05) is 0 Å². The zero-order chi connectivity index (χ0) is 12.6. The van der Waals surface area contributed by atoms with E-state index in [2.05, 4.69) is 18.8 Å². The van der Waals surface area contributed by atoms with Gasteiger partial charge < -0.3 is 9.84 Å². The summed E-state index contributed by atoms with van der Waals surface area (Å²) in [6, 6.07) is 0. The number of carbonyl (C=O) groups excluding carboxylic acids is 1. The third kappa shape index (κ3) is 9.54. The number of hydrogen-bond acceptors (Lipinski definition) is 3. The molecule has 0 spiro atoms. The molecule has 0 aromatic heterocycles. The number of ether oxygens (including phenoxy) is 1. The van der Waals surface area contributed by atoms with Gasteiger partial charge in [0.2, 0.25) is 0 Å². The van der Waals surface area contributed by atoms with Gasteiger partial charge in [-0.05, 0) is 26.7 Å². The lowest BCUT2D eigenvalue weighted by Gasteiger charge is -2.12. The third-order valence-corrected chi connectivity index (χ3v) is 1.92. The molecule has 0 amide bonds. The van der Waals surface area contributed by atoms with E-state index in [1.54, 1.807) is 13.8 Å². The standard InChI is InChI=1S/C13H22O3/c1-5-6-7-8-12(16-11(2)14)9-10-13(3,4)15/h12,15H,5-8H2,1-4H3/t12-/m1/s1. The minimum Gasteiger partial charge on any atom is -0.449 e. The van der Waals surface area contributed by atoms with Gasteiger partial charge in [0.05, 0.1) is 0 Å². The van der Waals surface area contributed by atoms with Gasteiger partial charge in [-0.2, -0.15) is 0 Å². The van der Waals surface area contributed by atoms with Crippen LogP contribution in [-0.2, 0) is 9.53 Å². The van der Waals surface area contributed by atoms with E-state index in [0.717, 1.165) is 25.7 Å². The second-order valence-electron chi connectivity index (χ2n) is 4.42. The van der Waals surface area contributed by atoms with Crippen LogP contribution in [0.3, 0.4) is 0 Å². The molecule has 1 atom stereocenters. The van der Waals surface area contributed by atoms with Crippen molar-refractivity contribution in [1.82, 2.24) is 0 Å². The maximum atomic E-state index is 10.9. The van der Waals surface area contributed by atoms with Gasteiger partial charge >= 0.3 is 5.97 Å². The monoisotopic (exact) mass is 226 g/mol. The van der Waals surface area contributed by atoms with E-state index in [0.29, 0.717) is 0 Å². The van der Waals surface area contributed by atoms with Gasteiger partial charge in [0.25, 0.3) is 0 Å². The molecule has 0 aromatic rings. The first-order chi connectivity index (χ1) is 7.35. The fourth-order valence-corrected chi connectivity index (χ4v) is 1.20. The van der Waals surface area contributed by atoms with E-state index in [9.17, 15) is 9.90 Å². The normalized spacial score (nSPS) is 12.6. The molecule has 0 aliphatic heterocycles. The Morgan fingerprint density at radius 2 is 2.06 bits per heavy atom. The van der Waals surface area contributed by atoms with Crippen LogP contribution in [0.5, 0.6) is 0 Å². The smallest absolute Gasteiger partial charge is 0.303 e. The largest absolute Gasteiger partial charge is 0.449 e. The van der Waals surface area contributed by atoms with Crippen LogP contribution in [0.15, 0.2) is 0 Å². The van der Waals surface area contributed by atoms with Crippen molar-refractivity contribution in [3.8, 4) is 11.8 Å². The SMILES string of the molecule is CCCCC[C@H](C#CC(C)(C)O)OC(C)=O. The fraction of sp³-hybridized carbons (Fsp3) is 0.769. The third-order valence-electron chi connectivity index (χ3n) is 1.92. The highest BCUT2D eigenvalue weighted by atomic mass is 16.5. The van der Waals surface area contributed by atoms with Crippen molar-refractivity contribution in [2.75, 3.05) is 0 Å². The average molecular weight is 226 g/mol. The molecule has 0 bridgehead atoms. The Bertz CT molecular complexity index is 265. The Kier molecular flexibility index (Phi) is 6.83. The number of unbranched alkanes of at least 4 members (excludes halogenated alkanes) is 2. The van der Waals surface area contributed by atoms with Gasteiger partial charge in [0.15, 0.2) is 6.10 Å². The Balaban J connectivity index is 4.29. The lowest BCUT2D eigenvalue weighted by molar-refractivity contribution is -0.144. The molecule has 0 heterocycles. The summed E-state index contributed by atoms with van der Waals surface area (Å²) in [5.41, 5.74) is -1.04. The minimum absolute atomic E-state index is 0.327. The summed E-state index contributed by atoms with van der Waals surface area (Å²) in [6.07, 6.45) is 3.54. The molecule has 0 aliphatic rings. The molecule has 0 rings (SSSR count). The Hall–Kier alpha value is -1.01. The number of rotatable bonds is 5. The zero-order valence-electron chi connectivity index (χ0n) is 10.7. The van der Waals surface area contributed by atoms with Gasteiger partial charge in [-0.15, -0.1) is 0 Å². The van der Waals surface area contributed by atoms with Crippen LogP contribution in [0.25, 0.3) is 0 Å². The first kappa shape index (κ1) is 15.0. The summed E-state index contributed by atoms with van der Waals surface area (Å²) in [6.45, 7) is 6.70. The van der Waals surface area contributed by atoms with E-state index in [-0.39, 0.29) is 5.97 Å². The van der Waals surface area contributed by atoms with Crippen LogP contribution < -0.4 is 0 Å². The minimum atomic E-state index is -1.04. The highest BCUT2D eigenvalue weighted by Crippen LogP contribution is 2.07. The van der Waals surface area contributed by atoms with Gasteiger partial charge in [-0.1, -0.05) is 31.6 Å². The lowest BCUT2D eigenvalue weighted by atomic mass is 10.1. The number of carbonyl (C=O) groups is 1. The first-order valence-electron chi connectivity index (χ1n) is 5.77. The summed E-state index contributed by atoms with van der Waals surface area (Å²) < 4.78 is 5.07. The molecule has 92 valence electrons. The molecule has 3 heteroatoms. The van der Waals surface area contributed by atoms with Crippen molar-refractivity contribution in [2.24, 2.45) is 0 Å². The highest BCUT2D eigenvalue weighted by molar-refractivity contribution is 5.66. The second kappa shape index (κ2) is 7.29. The molecule has 0 saturated heterocycles. The van der Waals surface area contributed by atoms with E-state index in [4.69, 9.17) is 4.74 Å². The first-order valence-corrected chi connectivity index (χ1v) is 5.77. The average Bonchev–Trinajstić information content (AvgIpc) is 2.12. The van der Waals surface area contributed by atoms with Crippen molar-refractivity contribution in [3.63, 3.8) is 0 Å². The van der Waals surface area contributed by atoms with Crippen LogP contribution in [-0.4, -0.2) is 22.8 Å². The van der Waals surface area contributed by atoms with Crippen LogP contribution >= 0.6 is 0 Å². The van der Waals surface area contributed by atoms with Crippen molar-refractivity contribution in [2.45, 2.75) is 65.1 Å². The van der Waals surface area contributed by atoms with Crippen LogP contribution in [0, 0.1) is 11.8 Å². The molecule has 0 radical (unpaired) electrons. The summed E-state index contributed by atoms with van der Waals surface area (Å²) in [5.74, 6) is 5.16. The molecule has 3 nitrogen and oxygen atoms in total. The van der Waals surface area contributed by atoms with E-state index >= 15 is 0 Å². The van der Waals surface area contributed by atoms with Crippen LogP contribution in [0.1, 0.15) is 53.4 Å². The molecule has 0 aliphatic carbocycles. The molecule has 0 aromatic carbocycles. The predicted octanol–water partition coefficient (Wildman–Crippen LogP) is 2.27. The van der Waals surface area contributed by atoms with Gasteiger partial charge in [-0.25, -0.2) is 0 Å². The Labute approximate surface area is 98.2 Å². The summed E-state index contributed by atoms with van der Waals surface area (Å²) in [4.78, 5) is 10.9. The summed E-state index contributed by atoms with van der Waals surface area (Å²) in [7, 11) is 0. The molecule has 0 unspecified atom stereocenters. The molecule has 0 saturated carbocycles. The topological polar surface area (TPSA) is 46.5 Å². The van der Waals surface area contributed by atoms with Gasteiger partial charge in [0, 0.05) is 6.92 Å². The molecular weight excluding hydrogens is 204 g/mol. The van der Waals surface area contributed by atoms with Crippen LogP contribution in [0.4, 0.5) is 0 Å². The predicted molar refractivity (Wildman–Crippen MR) is 63.8 cm³/mol. The lowest BCUT2D eigenvalue weighted by Crippen LogP contribution is -2.19. The highest BCUT2D eigenvalue weighted by Gasteiger charge is 2.11. The number of esters is 1. The van der Waals surface area contributed by atoms with Crippen molar-refractivity contribution in [3.05, 3.63) is 0 Å². The van der Waals surface area contributed by atoms with Crippen molar-refractivity contribution in [1.29, 1.82) is 0 Å². The Morgan fingerprint density at radius 1 is 1.44 bits per heavy atom. The van der Waals surface area contributed by atoms with E-state index < -0.39 is 11.7 Å².